The third kappa shape index (κ3) is 4.65. The van der Waals surface area contributed by atoms with E-state index in [4.69, 9.17) is 4.99 Å². The summed E-state index contributed by atoms with van der Waals surface area (Å²) in [5.74, 6) is 0.844. The first kappa shape index (κ1) is 20.0. The molecule has 1 aromatic heterocycles. The maximum absolute atomic E-state index is 4.85. The Bertz CT molecular complexity index is 745. The lowest BCUT2D eigenvalue weighted by Gasteiger charge is -2.20. The normalized spacial score (nSPS) is 12.9. The van der Waals surface area contributed by atoms with E-state index in [0.29, 0.717) is 6.54 Å². The highest BCUT2D eigenvalue weighted by Gasteiger charge is 2.14. The highest BCUT2D eigenvalue weighted by molar-refractivity contribution is 5.80. The van der Waals surface area contributed by atoms with Crippen LogP contribution in [0.3, 0.4) is 0 Å². The molecule has 1 aromatic carbocycles. The van der Waals surface area contributed by atoms with Gasteiger partial charge in [-0.25, -0.2) is 4.99 Å². The standard InChI is InChI=1S/C21H33N5/c1-7-19-18(20(8-2)26(6)25-19)14-23-21(22-9-3)24-16(5)17-13-11-10-12-15(17)4/h10-13,16H,7-9,14H2,1-6H3,(H2,22,23,24). The van der Waals surface area contributed by atoms with Crippen LogP contribution < -0.4 is 10.6 Å². The van der Waals surface area contributed by atoms with Crippen molar-refractivity contribution in [2.45, 2.75) is 60.0 Å². The van der Waals surface area contributed by atoms with Gasteiger partial charge in [-0.1, -0.05) is 38.1 Å². The Balaban J connectivity index is 2.21. The number of nitrogens with one attached hydrogen (secondary N) is 2. The van der Waals surface area contributed by atoms with Crippen molar-refractivity contribution < 1.29 is 0 Å². The molecule has 0 saturated heterocycles. The zero-order valence-electron chi connectivity index (χ0n) is 17.1. The van der Waals surface area contributed by atoms with E-state index in [1.165, 1.54) is 22.4 Å². The molecule has 0 fully saturated rings. The number of aromatic nitrogens is 2. The minimum atomic E-state index is 0.194. The van der Waals surface area contributed by atoms with Gasteiger partial charge in [-0.3, -0.25) is 4.68 Å². The average Bonchev–Trinajstić information content (AvgIpc) is 2.94. The molecule has 1 heterocycles. The molecule has 5 heteroatoms. The van der Waals surface area contributed by atoms with Crippen molar-refractivity contribution in [1.29, 1.82) is 0 Å². The summed E-state index contributed by atoms with van der Waals surface area (Å²) in [5.41, 5.74) is 6.27. The van der Waals surface area contributed by atoms with Gasteiger partial charge in [0.15, 0.2) is 5.96 Å². The van der Waals surface area contributed by atoms with Crippen LogP contribution in [0.2, 0.25) is 0 Å². The Labute approximate surface area is 157 Å². The number of benzene rings is 1. The summed E-state index contributed by atoms with van der Waals surface area (Å²) < 4.78 is 2.00. The summed E-state index contributed by atoms with van der Waals surface area (Å²) in [6, 6.07) is 8.67. The van der Waals surface area contributed by atoms with Crippen LogP contribution in [0.1, 0.15) is 61.8 Å². The molecule has 0 amide bonds. The molecule has 2 aromatic rings. The van der Waals surface area contributed by atoms with Gasteiger partial charge in [0, 0.05) is 24.8 Å². The lowest BCUT2D eigenvalue weighted by atomic mass is 10.0. The lowest BCUT2D eigenvalue weighted by Crippen LogP contribution is -2.38. The Kier molecular flexibility index (Phi) is 7.25. The van der Waals surface area contributed by atoms with E-state index < -0.39 is 0 Å². The summed E-state index contributed by atoms with van der Waals surface area (Å²) >= 11 is 0. The molecule has 1 unspecified atom stereocenters. The van der Waals surface area contributed by atoms with Crippen LogP contribution in [0.5, 0.6) is 0 Å². The van der Waals surface area contributed by atoms with E-state index in [9.17, 15) is 0 Å². The van der Waals surface area contributed by atoms with Crippen molar-refractivity contribution in [2.75, 3.05) is 6.54 Å². The largest absolute Gasteiger partial charge is 0.357 e. The van der Waals surface area contributed by atoms with Gasteiger partial charge in [-0.05, 0) is 44.7 Å². The quantitative estimate of drug-likeness (QED) is 0.588. The van der Waals surface area contributed by atoms with Gasteiger partial charge in [0.1, 0.15) is 0 Å². The fraction of sp³-hybridized carbons (Fsp3) is 0.524. The number of aliphatic imine (C=N–C) groups is 1. The second-order valence-electron chi connectivity index (χ2n) is 6.62. The predicted molar refractivity (Wildman–Crippen MR) is 110 cm³/mol. The summed E-state index contributed by atoms with van der Waals surface area (Å²) in [6.45, 7) is 12.2. The molecule has 142 valence electrons. The third-order valence-electron chi connectivity index (χ3n) is 4.78. The summed E-state index contributed by atoms with van der Waals surface area (Å²) in [4.78, 5) is 4.85. The van der Waals surface area contributed by atoms with Gasteiger partial charge in [-0.15, -0.1) is 0 Å². The van der Waals surface area contributed by atoms with Crippen LogP contribution >= 0.6 is 0 Å². The van der Waals surface area contributed by atoms with Gasteiger partial charge in [0.25, 0.3) is 0 Å². The maximum Gasteiger partial charge on any atom is 0.192 e. The molecule has 0 aliphatic heterocycles. The number of nitrogens with zero attached hydrogens (tertiary/aromatic N) is 3. The summed E-state index contributed by atoms with van der Waals surface area (Å²) in [6.07, 6.45) is 1.90. The second-order valence-corrected chi connectivity index (χ2v) is 6.62. The SMILES string of the molecule is CCNC(=NCc1c(CC)nn(C)c1CC)NC(C)c1ccccc1C. The molecule has 5 nitrogen and oxygen atoms in total. The molecular weight excluding hydrogens is 322 g/mol. The van der Waals surface area contributed by atoms with E-state index in [-0.39, 0.29) is 6.04 Å². The Morgan fingerprint density at radius 1 is 1.19 bits per heavy atom. The third-order valence-corrected chi connectivity index (χ3v) is 4.78. The Hall–Kier alpha value is -2.30. The molecule has 0 spiro atoms. The molecule has 0 aliphatic carbocycles. The van der Waals surface area contributed by atoms with E-state index in [0.717, 1.165) is 31.0 Å². The first-order chi connectivity index (χ1) is 12.5. The van der Waals surface area contributed by atoms with E-state index >= 15 is 0 Å². The Morgan fingerprint density at radius 3 is 2.54 bits per heavy atom. The number of rotatable bonds is 7. The number of hydrogen-bond donors (Lipinski definition) is 2. The molecule has 0 radical (unpaired) electrons. The molecule has 0 bridgehead atoms. The lowest BCUT2D eigenvalue weighted by molar-refractivity contribution is 0.681. The van der Waals surface area contributed by atoms with Crippen molar-refractivity contribution in [2.24, 2.45) is 12.0 Å². The van der Waals surface area contributed by atoms with Gasteiger partial charge < -0.3 is 10.6 Å². The van der Waals surface area contributed by atoms with Crippen LogP contribution in [0.25, 0.3) is 0 Å². The summed E-state index contributed by atoms with van der Waals surface area (Å²) in [7, 11) is 2.02. The maximum atomic E-state index is 4.85. The molecule has 2 N–H and O–H groups in total. The first-order valence-electron chi connectivity index (χ1n) is 9.65. The minimum absolute atomic E-state index is 0.194. The molecular formula is C21H33N5. The van der Waals surface area contributed by atoms with E-state index in [2.05, 4.69) is 74.6 Å². The molecule has 1 atom stereocenters. The van der Waals surface area contributed by atoms with Gasteiger partial charge in [0.2, 0.25) is 0 Å². The number of aryl methyl sites for hydroxylation is 3. The first-order valence-corrected chi connectivity index (χ1v) is 9.65. The van der Waals surface area contributed by atoms with Crippen molar-refractivity contribution in [1.82, 2.24) is 20.4 Å². The fourth-order valence-electron chi connectivity index (χ4n) is 3.41. The number of guanidine groups is 1. The zero-order valence-corrected chi connectivity index (χ0v) is 17.1. The van der Waals surface area contributed by atoms with Gasteiger partial charge in [-0.2, -0.15) is 5.10 Å². The summed E-state index contributed by atoms with van der Waals surface area (Å²) in [5, 5.41) is 11.6. The van der Waals surface area contributed by atoms with Gasteiger partial charge >= 0.3 is 0 Å². The molecule has 0 saturated carbocycles. The van der Waals surface area contributed by atoms with Crippen molar-refractivity contribution in [3.8, 4) is 0 Å². The smallest absolute Gasteiger partial charge is 0.192 e. The van der Waals surface area contributed by atoms with Crippen LogP contribution in [0.15, 0.2) is 29.3 Å². The van der Waals surface area contributed by atoms with Crippen LogP contribution in [-0.2, 0) is 26.4 Å². The van der Waals surface area contributed by atoms with Crippen molar-refractivity contribution in [3.63, 3.8) is 0 Å². The fourth-order valence-corrected chi connectivity index (χ4v) is 3.41. The van der Waals surface area contributed by atoms with Crippen molar-refractivity contribution >= 4 is 5.96 Å². The second kappa shape index (κ2) is 9.41. The number of hydrogen-bond acceptors (Lipinski definition) is 2. The monoisotopic (exact) mass is 355 g/mol. The zero-order chi connectivity index (χ0) is 19.1. The highest BCUT2D eigenvalue weighted by Crippen LogP contribution is 2.18. The molecule has 26 heavy (non-hydrogen) atoms. The average molecular weight is 356 g/mol. The van der Waals surface area contributed by atoms with Crippen molar-refractivity contribution in [3.05, 3.63) is 52.3 Å². The van der Waals surface area contributed by atoms with Crippen LogP contribution in [-0.4, -0.2) is 22.3 Å². The topological polar surface area (TPSA) is 54.2 Å². The van der Waals surface area contributed by atoms with Crippen LogP contribution in [0, 0.1) is 6.92 Å². The van der Waals surface area contributed by atoms with E-state index in [1.54, 1.807) is 0 Å². The molecule has 2 rings (SSSR count). The van der Waals surface area contributed by atoms with Crippen LogP contribution in [0.4, 0.5) is 0 Å². The molecule has 0 aliphatic rings. The van der Waals surface area contributed by atoms with Gasteiger partial charge in [0.05, 0.1) is 18.3 Å². The predicted octanol–water partition coefficient (Wildman–Crippen LogP) is 3.67. The highest BCUT2D eigenvalue weighted by atomic mass is 15.3. The van der Waals surface area contributed by atoms with E-state index in [1.807, 2.05) is 11.7 Å². The Morgan fingerprint density at radius 2 is 1.92 bits per heavy atom. The minimum Gasteiger partial charge on any atom is -0.357 e.